The highest BCUT2D eigenvalue weighted by Gasteiger charge is 2.25. The van der Waals surface area contributed by atoms with Crippen molar-refractivity contribution >= 4 is 11.9 Å². The highest BCUT2D eigenvalue weighted by Crippen LogP contribution is 2.39. The van der Waals surface area contributed by atoms with Gasteiger partial charge in [0, 0.05) is 19.1 Å². The molecule has 0 saturated carbocycles. The lowest BCUT2D eigenvalue weighted by Crippen LogP contribution is -2.28. The predicted octanol–water partition coefficient (Wildman–Crippen LogP) is 1.36. The van der Waals surface area contributed by atoms with Gasteiger partial charge in [0.15, 0.2) is 0 Å². The summed E-state index contributed by atoms with van der Waals surface area (Å²) < 4.78 is 15.7. The van der Waals surface area contributed by atoms with E-state index in [9.17, 15) is 9.59 Å². The fraction of sp³-hybridized carbons (Fsp3) is 0.429. The molecule has 2 N–H and O–H groups in total. The van der Waals surface area contributed by atoms with Crippen molar-refractivity contribution in [2.45, 2.75) is 19.4 Å². The van der Waals surface area contributed by atoms with Crippen molar-refractivity contribution in [3.05, 3.63) is 17.7 Å². The van der Waals surface area contributed by atoms with Crippen LogP contribution in [0.1, 0.15) is 24.9 Å². The van der Waals surface area contributed by atoms with Gasteiger partial charge in [-0.2, -0.15) is 0 Å². The Bertz CT molecular complexity index is 487. The lowest BCUT2D eigenvalue weighted by atomic mass is 10.0. The molecule has 1 unspecified atom stereocenters. The predicted molar refractivity (Wildman–Crippen MR) is 74.9 cm³/mol. The lowest BCUT2D eigenvalue weighted by Gasteiger charge is -2.22. The molecule has 1 amide bonds. The van der Waals surface area contributed by atoms with Crippen LogP contribution in [0.5, 0.6) is 17.2 Å². The van der Waals surface area contributed by atoms with Gasteiger partial charge in [-0.1, -0.05) is 0 Å². The minimum Gasteiger partial charge on any atom is -0.496 e. The van der Waals surface area contributed by atoms with E-state index >= 15 is 0 Å². The van der Waals surface area contributed by atoms with E-state index in [2.05, 4.69) is 5.32 Å². The largest absolute Gasteiger partial charge is 0.496 e. The maximum Gasteiger partial charge on any atom is 0.305 e. The third kappa shape index (κ3) is 4.27. The van der Waals surface area contributed by atoms with Crippen LogP contribution in [0, 0.1) is 0 Å². The number of benzene rings is 1. The number of hydrogen-bond donors (Lipinski definition) is 2. The summed E-state index contributed by atoms with van der Waals surface area (Å²) in [5.74, 6) is -0.128. The minimum absolute atomic E-state index is 0.293. The van der Waals surface area contributed by atoms with Gasteiger partial charge in [0.1, 0.15) is 17.2 Å². The number of hydrogen-bond acceptors (Lipinski definition) is 5. The van der Waals surface area contributed by atoms with Crippen LogP contribution in [-0.2, 0) is 9.59 Å². The monoisotopic (exact) mass is 297 g/mol. The number of aliphatic carboxylic acids is 1. The summed E-state index contributed by atoms with van der Waals surface area (Å²) in [5.41, 5.74) is 0.457. The lowest BCUT2D eigenvalue weighted by molar-refractivity contribution is -0.137. The van der Waals surface area contributed by atoms with Crippen molar-refractivity contribution in [1.29, 1.82) is 0 Å². The van der Waals surface area contributed by atoms with E-state index in [0.717, 1.165) is 0 Å². The topological polar surface area (TPSA) is 94.1 Å². The standard InChI is InChI=1S/C14H19NO6/c1-8(16)15-10(7-13(17)18)14-11(20-3)5-9(19-2)6-12(14)21-4/h5-6,10H,7H2,1-4H3,(H,15,16)(H,17,18). The molecule has 1 aromatic rings. The third-order valence-corrected chi connectivity index (χ3v) is 2.86. The second kappa shape index (κ2) is 7.37. The maximum atomic E-state index is 11.3. The van der Waals surface area contributed by atoms with Crippen LogP contribution in [-0.4, -0.2) is 38.3 Å². The number of carbonyl (C=O) groups excluding carboxylic acids is 1. The van der Waals surface area contributed by atoms with E-state index in [1.165, 1.54) is 28.3 Å². The average Bonchev–Trinajstić information content (AvgIpc) is 2.43. The van der Waals surface area contributed by atoms with E-state index in [4.69, 9.17) is 19.3 Å². The molecule has 0 aromatic heterocycles. The van der Waals surface area contributed by atoms with Crippen LogP contribution in [0.3, 0.4) is 0 Å². The molecule has 1 rings (SSSR count). The second-order valence-corrected chi connectivity index (χ2v) is 4.30. The van der Waals surface area contributed by atoms with Gasteiger partial charge in [0.05, 0.1) is 39.4 Å². The Morgan fingerprint density at radius 2 is 1.67 bits per heavy atom. The van der Waals surface area contributed by atoms with Crippen molar-refractivity contribution in [2.75, 3.05) is 21.3 Å². The van der Waals surface area contributed by atoms with E-state index in [-0.39, 0.29) is 12.3 Å². The number of ether oxygens (including phenoxy) is 3. The normalized spacial score (nSPS) is 11.4. The SMILES string of the molecule is COc1cc(OC)c(C(CC(=O)O)NC(C)=O)c(OC)c1. The Labute approximate surface area is 122 Å². The zero-order valence-electron chi connectivity index (χ0n) is 12.4. The first-order valence-electron chi connectivity index (χ1n) is 6.21. The molecule has 1 atom stereocenters. The molecule has 0 heterocycles. The van der Waals surface area contributed by atoms with E-state index < -0.39 is 12.0 Å². The molecular formula is C14H19NO6. The van der Waals surface area contributed by atoms with Gasteiger partial charge in [0.25, 0.3) is 0 Å². The number of carboxylic acid groups (broad SMARTS) is 1. The van der Waals surface area contributed by atoms with Crippen LogP contribution < -0.4 is 19.5 Å². The molecule has 0 aliphatic carbocycles. The number of amides is 1. The molecule has 0 spiro atoms. The molecule has 0 aliphatic rings. The Hall–Kier alpha value is -2.44. The number of methoxy groups -OCH3 is 3. The van der Waals surface area contributed by atoms with Gasteiger partial charge in [0.2, 0.25) is 5.91 Å². The Balaban J connectivity index is 3.39. The number of carboxylic acids is 1. The summed E-state index contributed by atoms with van der Waals surface area (Å²) in [6, 6.07) is 2.44. The van der Waals surface area contributed by atoms with E-state index in [1.807, 2.05) is 0 Å². The number of carbonyl (C=O) groups is 2. The fourth-order valence-electron chi connectivity index (χ4n) is 2.02. The first-order valence-corrected chi connectivity index (χ1v) is 6.21. The van der Waals surface area contributed by atoms with Gasteiger partial charge in [-0.05, 0) is 0 Å². The highest BCUT2D eigenvalue weighted by molar-refractivity contribution is 5.76. The van der Waals surface area contributed by atoms with Crippen LogP contribution in [0.25, 0.3) is 0 Å². The molecule has 7 heteroatoms. The Morgan fingerprint density at radius 1 is 1.14 bits per heavy atom. The van der Waals surface area contributed by atoms with Crippen molar-refractivity contribution in [2.24, 2.45) is 0 Å². The zero-order valence-corrected chi connectivity index (χ0v) is 12.4. The van der Waals surface area contributed by atoms with Crippen molar-refractivity contribution in [3.63, 3.8) is 0 Å². The molecule has 0 aliphatic heterocycles. The van der Waals surface area contributed by atoms with Crippen LogP contribution in [0.15, 0.2) is 12.1 Å². The highest BCUT2D eigenvalue weighted by atomic mass is 16.5. The van der Waals surface area contributed by atoms with E-state index in [0.29, 0.717) is 22.8 Å². The first-order chi connectivity index (χ1) is 9.92. The molecule has 0 radical (unpaired) electrons. The van der Waals surface area contributed by atoms with Crippen molar-refractivity contribution in [3.8, 4) is 17.2 Å². The van der Waals surface area contributed by atoms with Gasteiger partial charge in [-0.3, -0.25) is 9.59 Å². The average molecular weight is 297 g/mol. The smallest absolute Gasteiger partial charge is 0.305 e. The number of nitrogens with one attached hydrogen (secondary N) is 1. The molecule has 7 nitrogen and oxygen atoms in total. The summed E-state index contributed by atoms with van der Waals surface area (Å²) in [6.07, 6.45) is -0.293. The van der Waals surface area contributed by atoms with Gasteiger partial charge in [-0.15, -0.1) is 0 Å². The molecule has 21 heavy (non-hydrogen) atoms. The second-order valence-electron chi connectivity index (χ2n) is 4.30. The molecule has 0 bridgehead atoms. The molecule has 0 fully saturated rings. The zero-order chi connectivity index (χ0) is 16.0. The summed E-state index contributed by atoms with van der Waals surface area (Å²) in [7, 11) is 4.39. The Kier molecular flexibility index (Phi) is 5.83. The van der Waals surface area contributed by atoms with E-state index in [1.54, 1.807) is 12.1 Å². The minimum atomic E-state index is -1.05. The number of rotatable bonds is 7. The van der Waals surface area contributed by atoms with Crippen molar-refractivity contribution < 1.29 is 28.9 Å². The maximum absolute atomic E-state index is 11.3. The molecule has 1 aromatic carbocycles. The van der Waals surface area contributed by atoms with Crippen LogP contribution >= 0.6 is 0 Å². The summed E-state index contributed by atoms with van der Waals surface area (Å²) >= 11 is 0. The fourth-order valence-corrected chi connectivity index (χ4v) is 2.02. The van der Waals surface area contributed by atoms with Gasteiger partial charge < -0.3 is 24.6 Å². The van der Waals surface area contributed by atoms with Crippen molar-refractivity contribution in [1.82, 2.24) is 5.32 Å². The summed E-state index contributed by atoms with van der Waals surface area (Å²) in [6.45, 7) is 1.32. The molecule has 0 saturated heterocycles. The van der Waals surface area contributed by atoms with Gasteiger partial charge >= 0.3 is 5.97 Å². The summed E-state index contributed by atoms with van der Waals surface area (Å²) in [5, 5.41) is 11.6. The van der Waals surface area contributed by atoms with Crippen LogP contribution in [0.4, 0.5) is 0 Å². The molecule has 116 valence electrons. The van der Waals surface area contributed by atoms with Gasteiger partial charge in [-0.25, -0.2) is 0 Å². The quantitative estimate of drug-likeness (QED) is 0.789. The summed E-state index contributed by atoms with van der Waals surface area (Å²) in [4.78, 5) is 22.4. The van der Waals surface area contributed by atoms with Crippen LogP contribution in [0.2, 0.25) is 0 Å². The third-order valence-electron chi connectivity index (χ3n) is 2.86. The first kappa shape index (κ1) is 16.6. The Morgan fingerprint density at radius 3 is 2.00 bits per heavy atom. The molecular weight excluding hydrogens is 278 g/mol.